The summed E-state index contributed by atoms with van der Waals surface area (Å²) in [7, 11) is -4.07. The van der Waals surface area contributed by atoms with E-state index in [1.165, 1.54) is 24.3 Å². The molecule has 2 aromatic rings. The van der Waals surface area contributed by atoms with Gasteiger partial charge < -0.3 is 5.73 Å². The lowest BCUT2D eigenvalue weighted by Gasteiger charge is -2.13. The Morgan fingerprint density at radius 2 is 1.90 bits per heavy atom. The van der Waals surface area contributed by atoms with Gasteiger partial charge in [0.25, 0.3) is 10.0 Å². The molecule has 2 aromatic carbocycles. The molecule has 0 saturated carbocycles. The van der Waals surface area contributed by atoms with Crippen LogP contribution in [0.25, 0.3) is 0 Å². The van der Waals surface area contributed by atoms with Crippen molar-refractivity contribution in [3.63, 3.8) is 0 Å². The third-order valence-corrected chi connectivity index (χ3v) is 5.92. The molecule has 0 spiro atoms. The van der Waals surface area contributed by atoms with Gasteiger partial charge in [0.05, 0.1) is 10.2 Å². The van der Waals surface area contributed by atoms with Crippen molar-refractivity contribution in [3.05, 3.63) is 50.1 Å². The molecule has 0 radical (unpaired) electrons. The van der Waals surface area contributed by atoms with Crippen LogP contribution < -0.4 is 10.5 Å². The highest BCUT2D eigenvalue weighted by atomic mass is 79.9. The quantitative estimate of drug-likeness (QED) is 0.671. The Hall–Kier alpha value is -0.830. The van der Waals surface area contributed by atoms with E-state index in [4.69, 9.17) is 17.3 Å². The second-order valence-electron chi connectivity index (χ2n) is 4.01. The summed E-state index contributed by atoms with van der Waals surface area (Å²) in [6, 6.07) is 6.74. The fraction of sp³-hybridized carbons (Fsp3) is 0. The zero-order chi connectivity index (χ0) is 15.8. The maximum Gasteiger partial charge on any atom is 0.263 e. The van der Waals surface area contributed by atoms with Gasteiger partial charge in [-0.25, -0.2) is 12.8 Å². The number of sulfonamides is 1. The van der Waals surface area contributed by atoms with Gasteiger partial charge in [0.1, 0.15) is 10.7 Å². The summed E-state index contributed by atoms with van der Waals surface area (Å²) in [5.74, 6) is -0.709. The van der Waals surface area contributed by atoms with Crippen LogP contribution >= 0.6 is 43.5 Å². The number of benzene rings is 2. The third kappa shape index (κ3) is 3.50. The Labute approximate surface area is 142 Å². The molecule has 0 fully saturated rings. The van der Waals surface area contributed by atoms with Gasteiger partial charge in [-0.05, 0) is 56.1 Å². The van der Waals surface area contributed by atoms with Gasteiger partial charge in [-0.1, -0.05) is 17.7 Å². The minimum atomic E-state index is -4.07. The van der Waals surface area contributed by atoms with Crippen molar-refractivity contribution in [2.45, 2.75) is 4.90 Å². The van der Waals surface area contributed by atoms with E-state index in [0.717, 1.165) is 6.07 Å². The maximum atomic E-state index is 13.7. The van der Waals surface area contributed by atoms with E-state index in [2.05, 4.69) is 36.6 Å². The Bertz CT molecular complexity index is 795. The smallest absolute Gasteiger partial charge is 0.263 e. The van der Waals surface area contributed by atoms with Crippen LogP contribution in [0.5, 0.6) is 0 Å². The van der Waals surface area contributed by atoms with Crippen molar-refractivity contribution in [2.75, 3.05) is 10.5 Å². The molecule has 0 aliphatic heterocycles. The number of nitrogens with one attached hydrogen (secondary N) is 1. The SMILES string of the molecule is Nc1cc(Cl)cc(S(=O)(=O)Nc2c(F)cccc2Br)c1Br. The number of hydrogen-bond acceptors (Lipinski definition) is 3. The fourth-order valence-electron chi connectivity index (χ4n) is 1.56. The Kier molecular flexibility index (Phi) is 4.82. The van der Waals surface area contributed by atoms with Gasteiger partial charge in [-0.15, -0.1) is 0 Å². The summed E-state index contributed by atoms with van der Waals surface area (Å²) in [6.07, 6.45) is 0. The van der Waals surface area contributed by atoms with E-state index >= 15 is 0 Å². The molecule has 0 saturated heterocycles. The maximum absolute atomic E-state index is 13.7. The summed E-state index contributed by atoms with van der Waals surface area (Å²) >= 11 is 12.0. The lowest BCUT2D eigenvalue weighted by molar-refractivity contribution is 0.598. The van der Waals surface area contributed by atoms with E-state index in [0.29, 0.717) is 0 Å². The van der Waals surface area contributed by atoms with Gasteiger partial charge >= 0.3 is 0 Å². The number of rotatable bonds is 3. The highest BCUT2D eigenvalue weighted by molar-refractivity contribution is 9.11. The molecule has 0 amide bonds. The monoisotopic (exact) mass is 456 g/mol. The summed E-state index contributed by atoms with van der Waals surface area (Å²) in [6.45, 7) is 0. The summed E-state index contributed by atoms with van der Waals surface area (Å²) in [5.41, 5.74) is 5.64. The largest absolute Gasteiger partial charge is 0.398 e. The highest BCUT2D eigenvalue weighted by Gasteiger charge is 2.22. The zero-order valence-corrected chi connectivity index (χ0v) is 14.9. The topological polar surface area (TPSA) is 72.2 Å². The van der Waals surface area contributed by atoms with Crippen LogP contribution in [0, 0.1) is 5.82 Å². The van der Waals surface area contributed by atoms with Crippen molar-refractivity contribution >= 4 is 64.9 Å². The molecule has 2 rings (SSSR count). The van der Waals surface area contributed by atoms with E-state index in [1.807, 2.05) is 0 Å². The molecule has 21 heavy (non-hydrogen) atoms. The van der Waals surface area contributed by atoms with E-state index < -0.39 is 15.8 Å². The highest BCUT2D eigenvalue weighted by Crippen LogP contribution is 2.34. The Morgan fingerprint density at radius 3 is 2.52 bits per heavy atom. The first kappa shape index (κ1) is 16.5. The standard InChI is InChI=1S/C12H8Br2ClFN2O2S/c13-7-2-1-3-8(16)12(7)18-21(19,20)10-5-6(15)4-9(17)11(10)14/h1-5,18H,17H2. The average molecular weight is 459 g/mol. The summed E-state index contributed by atoms with van der Waals surface area (Å²) in [5, 5.41) is 0.156. The predicted octanol–water partition coefficient (Wildman–Crippen LogP) is 4.39. The first-order valence-corrected chi connectivity index (χ1v) is 8.88. The van der Waals surface area contributed by atoms with Crippen molar-refractivity contribution in [1.29, 1.82) is 0 Å². The fourth-order valence-corrected chi connectivity index (χ4v) is 4.52. The van der Waals surface area contributed by atoms with E-state index in [1.54, 1.807) is 0 Å². The second-order valence-corrected chi connectivity index (χ2v) is 7.74. The number of para-hydroxylation sites is 1. The molecule has 0 atom stereocenters. The van der Waals surface area contributed by atoms with Gasteiger partial charge in [-0.2, -0.15) is 0 Å². The van der Waals surface area contributed by atoms with Gasteiger partial charge in [-0.3, -0.25) is 4.72 Å². The van der Waals surface area contributed by atoms with Crippen molar-refractivity contribution in [1.82, 2.24) is 0 Å². The molecule has 4 nitrogen and oxygen atoms in total. The zero-order valence-electron chi connectivity index (χ0n) is 10.2. The number of hydrogen-bond donors (Lipinski definition) is 2. The van der Waals surface area contributed by atoms with E-state index in [9.17, 15) is 12.8 Å². The average Bonchev–Trinajstić information content (AvgIpc) is 2.38. The normalized spacial score (nSPS) is 11.4. The number of halogens is 4. The molecular weight excluding hydrogens is 450 g/mol. The molecule has 0 bridgehead atoms. The minimum Gasteiger partial charge on any atom is -0.398 e. The summed E-state index contributed by atoms with van der Waals surface area (Å²) in [4.78, 5) is -0.178. The van der Waals surface area contributed by atoms with Crippen LogP contribution in [-0.2, 0) is 10.0 Å². The minimum absolute atomic E-state index is 0.156. The molecule has 0 aromatic heterocycles. The van der Waals surface area contributed by atoms with Crippen LogP contribution in [0.2, 0.25) is 5.02 Å². The van der Waals surface area contributed by atoms with Gasteiger partial charge in [0.2, 0.25) is 0 Å². The van der Waals surface area contributed by atoms with Crippen LogP contribution in [0.1, 0.15) is 0 Å². The molecular formula is C12H8Br2ClFN2O2S. The van der Waals surface area contributed by atoms with E-state index in [-0.39, 0.29) is 30.2 Å². The van der Waals surface area contributed by atoms with Gasteiger partial charge in [0.15, 0.2) is 0 Å². The number of nitrogens with two attached hydrogens (primary N) is 1. The summed E-state index contributed by atoms with van der Waals surface area (Å²) < 4.78 is 41.1. The lowest BCUT2D eigenvalue weighted by atomic mass is 10.3. The molecule has 0 heterocycles. The van der Waals surface area contributed by atoms with Crippen LogP contribution in [-0.4, -0.2) is 8.42 Å². The molecule has 0 aliphatic carbocycles. The number of nitrogen functional groups attached to an aromatic ring is 1. The molecule has 0 aliphatic rings. The molecule has 0 unspecified atom stereocenters. The molecule has 3 N–H and O–H groups in total. The molecule has 9 heteroatoms. The lowest BCUT2D eigenvalue weighted by Crippen LogP contribution is -2.15. The molecule has 112 valence electrons. The van der Waals surface area contributed by atoms with Crippen LogP contribution in [0.4, 0.5) is 15.8 Å². The van der Waals surface area contributed by atoms with Crippen molar-refractivity contribution in [3.8, 4) is 0 Å². The predicted molar refractivity (Wildman–Crippen MR) is 88.5 cm³/mol. The van der Waals surface area contributed by atoms with Crippen LogP contribution in [0.15, 0.2) is 44.2 Å². The Balaban J connectivity index is 2.54. The van der Waals surface area contributed by atoms with Gasteiger partial charge in [0, 0.05) is 15.2 Å². The van der Waals surface area contributed by atoms with Crippen molar-refractivity contribution < 1.29 is 12.8 Å². The second kappa shape index (κ2) is 6.12. The Morgan fingerprint density at radius 1 is 1.24 bits per heavy atom. The van der Waals surface area contributed by atoms with Crippen molar-refractivity contribution in [2.24, 2.45) is 0 Å². The first-order chi connectivity index (χ1) is 9.72. The van der Waals surface area contributed by atoms with Crippen LogP contribution in [0.3, 0.4) is 0 Å². The first-order valence-electron chi connectivity index (χ1n) is 5.43. The number of anilines is 2. The third-order valence-electron chi connectivity index (χ3n) is 2.52.